The third-order valence-electron chi connectivity index (χ3n) is 6.56. The first-order valence-electron chi connectivity index (χ1n) is 12.3. The van der Waals surface area contributed by atoms with Crippen LogP contribution in [0.5, 0.6) is 0 Å². The largest absolute Gasteiger partial charge is 0.480 e. The highest BCUT2D eigenvalue weighted by atomic mass is 35.5. The Bertz CT molecular complexity index is 1290. The second kappa shape index (κ2) is 10.8. The van der Waals surface area contributed by atoms with Crippen LogP contribution in [0.1, 0.15) is 27.7 Å². The molecular formula is C26H34ClN5O5. The van der Waals surface area contributed by atoms with Crippen molar-refractivity contribution in [2.24, 2.45) is 0 Å². The molecule has 11 heteroatoms. The first kappa shape index (κ1) is 27.1. The van der Waals surface area contributed by atoms with Crippen molar-refractivity contribution in [3.05, 3.63) is 35.6 Å². The van der Waals surface area contributed by atoms with Crippen LogP contribution in [0.3, 0.4) is 0 Å². The van der Waals surface area contributed by atoms with Gasteiger partial charge in [-0.2, -0.15) is 0 Å². The summed E-state index contributed by atoms with van der Waals surface area (Å²) in [5.41, 5.74) is 7.99. The van der Waals surface area contributed by atoms with Gasteiger partial charge in [0.1, 0.15) is 6.04 Å². The molecule has 4 heterocycles. The smallest absolute Gasteiger partial charge is 0.323 e. The van der Waals surface area contributed by atoms with E-state index in [0.717, 1.165) is 21.8 Å². The van der Waals surface area contributed by atoms with Crippen molar-refractivity contribution in [3.63, 3.8) is 0 Å². The summed E-state index contributed by atoms with van der Waals surface area (Å²) in [6.07, 6.45) is 3.54. The fraction of sp³-hybridized carbons (Fsp3) is 0.500. The quantitative estimate of drug-likeness (QED) is 0.439. The van der Waals surface area contributed by atoms with Gasteiger partial charge in [-0.1, -0.05) is 11.6 Å². The second-order valence-electron chi connectivity index (χ2n) is 10.3. The van der Waals surface area contributed by atoms with Gasteiger partial charge in [0.15, 0.2) is 0 Å². The number of ether oxygens (including phenoxy) is 2. The van der Waals surface area contributed by atoms with Crippen molar-refractivity contribution < 1.29 is 24.2 Å². The van der Waals surface area contributed by atoms with Crippen LogP contribution in [0.25, 0.3) is 21.8 Å². The summed E-state index contributed by atoms with van der Waals surface area (Å²) in [5.74, 6) is -1.00. The molecule has 3 unspecified atom stereocenters. The fourth-order valence-corrected chi connectivity index (χ4v) is 5.17. The number of nitrogens with two attached hydrogens (primary N) is 1. The van der Waals surface area contributed by atoms with Gasteiger partial charge in [-0.05, 0) is 45.9 Å². The monoisotopic (exact) mass is 531 g/mol. The van der Waals surface area contributed by atoms with Crippen LogP contribution in [-0.4, -0.2) is 93.4 Å². The molecular weight excluding hydrogens is 498 g/mol. The number of carbonyl (C=O) groups is 2. The van der Waals surface area contributed by atoms with Gasteiger partial charge in [0, 0.05) is 41.6 Å². The van der Waals surface area contributed by atoms with E-state index >= 15 is 0 Å². The minimum absolute atomic E-state index is 0.00380. The van der Waals surface area contributed by atoms with Crippen LogP contribution in [0.4, 0.5) is 5.69 Å². The Labute approximate surface area is 220 Å². The molecule has 2 aliphatic rings. The molecule has 0 radical (unpaired) electrons. The Balaban J connectivity index is 0.000000184. The Hall–Kier alpha value is -2.92. The third kappa shape index (κ3) is 6.32. The van der Waals surface area contributed by atoms with Gasteiger partial charge in [-0.25, -0.2) is 0 Å². The number of halogens is 1. The number of hydrogen-bond donors (Lipinski definition) is 3. The maximum absolute atomic E-state index is 12.5. The molecule has 1 aromatic carbocycles. The van der Waals surface area contributed by atoms with Crippen LogP contribution >= 0.6 is 11.6 Å². The summed E-state index contributed by atoms with van der Waals surface area (Å²) in [4.78, 5) is 34.7. The number of aliphatic carboxylic acids is 1. The molecule has 37 heavy (non-hydrogen) atoms. The number of H-pyrrole nitrogens is 1. The molecule has 0 aliphatic carbocycles. The van der Waals surface area contributed by atoms with Crippen LogP contribution in [0, 0.1) is 0 Å². The first-order valence-corrected chi connectivity index (χ1v) is 12.7. The predicted octanol–water partition coefficient (Wildman–Crippen LogP) is 3.14. The van der Waals surface area contributed by atoms with E-state index in [1.807, 2.05) is 39.8 Å². The number of nitrogens with one attached hydrogen (secondary N) is 1. The zero-order valence-electron chi connectivity index (χ0n) is 21.5. The molecule has 3 aromatic rings. The number of morpholine rings is 2. The number of anilines is 1. The van der Waals surface area contributed by atoms with Crippen molar-refractivity contribution in [2.75, 3.05) is 38.5 Å². The van der Waals surface area contributed by atoms with E-state index in [1.54, 1.807) is 28.3 Å². The molecule has 0 spiro atoms. The molecule has 200 valence electrons. The number of carboxylic acid groups (broad SMARTS) is 1. The van der Waals surface area contributed by atoms with Crippen LogP contribution in [0.15, 0.2) is 30.6 Å². The molecule has 2 fully saturated rings. The molecule has 2 aromatic heterocycles. The van der Waals surface area contributed by atoms with E-state index in [-0.39, 0.29) is 31.3 Å². The first-order chi connectivity index (χ1) is 17.4. The van der Waals surface area contributed by atoms with Gasteiger partial charge in [-0.3, -0.25) is 19.5 Å². The summed E-state index contributed by atoms with van der Waals surface area (Å²) in [6.45, 7) is 9.41. The standard InChI is InChI=1S/C15H26N2O5.C11H8ClN3/c1-10-5-16(6-11(2)22-10)13(18)7-17-9-15(3,4)21-8-12(17)14(19)20;12-6-3-8-7-1-2-14-5-10(7)15-11(8)9(13)4-6/h10-12H,5-9H2,1-4H3,(H,19,20);1-5,15H,13H2. The molecule has 5 rings (SSSR count). The average molecular weight is 532 g/mol. The number of carboxylic acids is 1. The van der Waals surface area contributed by atoms with E-state index in [1.165, 1.54) is 0 Å². The van der Waals surface area contributed by atoms with E-state index in [2.05, 4.69) is 9.97 Å². The lowest BCUT2D eigenvalue weighted by Gasteiger charge is -2.43. The lowest BCUT2D eigenvalue weighted by molar-refractivity contribution is -0.166. The number of benzene rings is 1. The van der Waals surface area contributed by atoms with Crippen molar-refractivity contribution >= 4 is 51.0 Å². The SMILES string of the molecule is CC1CN(C(=O)CN2CC(C)(C)OCC2C(=O)O)CC(C)O1.Nc1cc(Cl)cc2c1[nH]c1cnccc12. The number of amides is 1. The summed E-state index contributed by atoms with van der Waals surface area (Å²) in [6, 6.07) is 4.83. The van der Waals surface area contributed by atoms with E-state index in [9.17, 15) is 14.7 Å². The third-order valence-corrected chi connectivity index (χ3v) is 6.78. The average Bonchev–Trinajstić information content (AvgIpc) is 3.17. The Kier molecular flexibility index (Phi) is 7.94. The highest BCUT2D eigenvalue weighted by Crippen LogP contribution is 2.31. The highest BCUT2D eigenvalue weighted by molar-refractivity contribution is 6.32. The topological polar surface area (TPSA) is 134 Å². The van der Waals surface area contributed by atoms with E-state index < -0.39 is 17.6 Å². The maximum atomic E-state index is 12.5. The van der Waals surface area contributed by atoms with Gasteiger partial charge in [0.2, 0.25) is 5.91 Å². The summed E-state index contributed by atoms with van der Waals surface area (Å²) >= 11 is 5.97. The fourth-order valence-electron chi connectivity index (χ4n) is 4.95. The van der Waals surface area contributed by atoms with Gasteiger partial charge >= 0.3 is 5.97 Å². The van der Waals surface area contributed by atoms with Crippen LogP contribution in [0.2, 0.25) is 5.02 Å². The Morgan fingerprint density at radius 2 is 1.95 bits per heavy atom. The number of aromatic amines is 1. The van der Waals surface area contributed by atoms with Crippen molar-refractivity contribution in [2.45, 2.75) is 51.5 Å². The van der Waals surface area contributed by atoms with Crippen molar-refractivity contribution in [3.8, 4) is 0 Å². The molecule has 0 bridgehead atoms. The number of pyridine rings is 1. The zero-order chi connectivity index (χ0) is 26.9. The maximum Gasteiger partial charge on any atom is 0.323 e. The van der Waals surface area contributed by atoms with Gasteiger partial charge in [0.25, 0.3) is 0 Å². The number of nitrogen functional groups attached to an aromatic ring is 1. The Morgan fingerprint density at radius 3 is 2.62 bits per heavy atom. The lowest BCUT2D eigenvalue weighted by atomic mass is 10.0. The molecule has 10 nitrogen and oxygen atoms in total. The number of rotatable bonds is 3. The summed E-state index contributed by atoms with van der Waals surface area (Å²) < 4.78 is 11.2. The predicted molar refractivity (Wildman–Crippen MR) is 143 cm³/mol. The normalized spacial score (nSPS) is 24.0. The van der Waals surface area contributed by atoms with Crippen LogP contribution < -0.4 is 5.73 Å². The molecule has 2 aliphatic heterocycles. The molecule has 4 N–H and O–H groups in total. The van der Waals surface area contributed by atoms with Crippen molar-refractivity contribution in [1.82, 2.24) is 19.8 Å². The van der Waals surface area contributed by atoms with E-state index in [0.29, 0.717) is 30.3 Å². The Morgan fingerprint density at radius 1 is 1.24 bits per heavy atom. The minimum atomic E-state index is -0.952. The second-order valence-corrected chi connectivity index (χ2v) is 10.8. The van der Waals surface area contributed by atoms with Crippen LogP contribution in [-0.2, 0) is 19.1 Å². The number of carbonyl (C=O) groups excluding carboxylic acids is 1. The summed E-state index contributed by atoms with van der Waals surface area (Å²) in [5, 5.41) is 12.1. The number of nitrogens with zero attached hydrogens (tertiary/aromatic N) is 3. The number of aromatic nitrogens is 2. The number of fused-ring (bicyclic) bond motifs is 3. The number of hydrogen-bond acceptors (Lipinski definition) is 7. The highest BCUT2D eigenvalue weighted by Gasteiger charge is 2.39. The molecule has 3 atom stereocenters. The zero-order valence-corrected chi connectivity index (χ0v) is 22.3. The van der Waals surface area contributed by atoms with Gasteiger partial charge in [-0.15, -0.1) is 0 Å². The summed E-state index contributed by atoms with van der Waals surface area (Å²) in [7, 11) is 0. The van der Waals surface area contributed by atoms with E-state index in [4.69, 9.17) is 26.8 Å². The van der Waals surface area contributed by atoms with Crippen molar-refractivity contribution in [1.29, 1.82) is 0 Å². The van der Waals surface area contributed by atoms with Gasteiger partial charge in [0.05, 0.1) is 53.9 Å². The lowest BCUT2D eigenvalue weighted by Crippen LogP contribution is -2.60. The molecule has 0 saturated carbocycles. The minimum Gasteiger partial charge on any atom is -0.480 e. The van der Waals surface area contributed by atoms with Gasteiger partial charge < -0.3 is 30.2 Å². The molecule has 2 saturated heterocycles. The molecule has 1 amide bonds.